The Hall–Kier alpha value is -3.35. The molecule has 0 saturated heterocycles. The number of nitrogens with zero attached hydrogens (tertiary/aromatic N) is 4. The Bertz CT molecular complexity index is 851. The molecule has 0 bridgehead atoms. The van der Waals surface area contributed by atoms with Gasteiger partial charge in [0.15, 0.2) is 11.5 Å². The lowest BCUT2D eigenvalue weighted by Crippen LogP contribution is -2.03. The maximum atomic E-state index is 10.7. The van der Waals surface area contributed by atoms with E-state index in [0.29, 0.717) is 29.6 Å². The molecule has 0 N–H and O–H groups in total. The maximum Gasteiger partial charge on any atom is 0.269 e. The zero-order chi connectivity index (χ0) is 16.9. The molecular formula is C17H14N4O3. The van der Waals surface area contributed by atoms with Crippen LogP contribution in [0.25, 0.3) is 22.6 Å². The van der Waals surface area contributed by atoms with Crippen molar-refractivity contribution in [3.63, 3.8) is 0 Å². The molecule has 7 heteroatoms. The van der Waals surface area contributed by atoms with Gasteiger partial charge in [-0.25, -0.2) is 0 Å². The van der Waals surface area contributed by atoms with Crippen LogP contribution in [-0.2, 0) is 0 Å². The third-order valence-electron chi connectivity index (χ3n) is 3.32. The van der Waals surface area contributed by atoms with Gasteiger partial charge in [0.05, 0.1) is 11.5 Å². The molecule has 0 fully saturated rings. The predicted molar refractivity (Wildman–Crippen MR) is 88.5 cm³/mol. The first-order chi connectivity index (χ1) is 11.7. The molecular weight excluding hydrogens is 308 g/mol. The van der Waals surface area contributed by atoms with Gasteiger partial charge in [-0.15, -0.1) is 10.2 Å². The Balaban J connectivity index is 2.01. The number of non-ortho nitro benzene ring substituents is 1. The summed E-state index contributed by atoms with van der Waals surface area (Å²) in [6, 6.07) is 15.5. The average molecular weight is 322 g/mol. The van der Waals surface area contributed by atoms with Gasteiger partial charge in [0, 0.05) is 23.3 Å². The highest BCUT2D eigenvalue weighted by molar-refractivity contribution is 5.66. The van der Waals surface area contributed by atoms with Crippen LogP contribution in [0.1, 0.15) is 6.92 Å². The zero-order valence-corrected chi connectivity index (χ0v) is 12.9. The van der Waals surface area contributed by atoms with E-state index < -0.39 is 4.92 Å². The Morgan fingerprint density at radius 3 is 2.33 bits per heavy atom. The second-order valence-electron chi connectivity index (χ2n) is 4.89. The van der Waals surface area contributed by atoms with Crippen LogP contribution in [0.2, 0.25) is 0 Å². The minimum atomic E-state index is -0.451. The number of hydrogen-bond donors (Lipinski definition) is 0. The molecule has 7 nitrogen and oxygen atoms in total. The summed E-state index contributed by atoms with van der Waals surface area (Å²) in [5.41, 5.74) is 2.06. The number of nitro groups is 1. The molecule has 0 radical (unpaired) electrons. The minimum absolute atomic E-state index is 0.0117. The van der Waals surface area contributed by atoms with Gasteiger partial charge >= 0.3 is 0 Å². The Morgan fingerprint density at radius 2 is 1.71 bits per heavy atom. The van der Waals surface area contributed by atoms with E-state index in [1.54, 1.807) is 12.1 Å². The fourth-order valence-corrected chi connectivity index (χ4v) is 2.18. The number of nitro benzene ring substituents is 1. The average Bonchev–Trinajstić information content (AvgIpc) is 2.63. The quantitative estimate of drug-likeness (QED) is 0.527. The van der Waals surface area contributed by atoms with Crippen LogP contribution in [-0.4, -0.2) is 26.7 Å². The monoisotopic (exact) mass is 322 g/mol. The van der Waals surface area contributed by atoms with Crippen LogP contribution in [0.4, 0.5) is 5.69 Å². The molecule has 0 atom stereocenters. The van der Waals surface area contributed by atoms with Crippen molar-refractivity contribution in [1.29, 1.82) is 0 Å². The van der Waals surface area contributed by atoms with E-state index >= 15 is 0 Å². The van der Waals surface area contributed by atoms with E-state index in [2.05, 4.69) is 15.2 Å². The topological polar surface area (TPSA) is 91.0 Å². The maximum absolute atomic E-state index is 10.7. The molecule has 2 aromatic carbocycles. The van der Waals surface area contributed by atoms with Crippen molar-refractivity contribution in [3.05, 3.63) is 64.7 Å². The second kappa shape index (κ2) is 6.82. The number of hydrogen-bond acceptors (Lipinski definition) is 6. The fourth-order valence-electron chi connectivity index (χ4n) is 2.18. The molecule has 3 aromatic rings. The molecule has 0 unspecified atom stereocenters. The number of ether oxygens (including phenoxy) is 1. The van der Waals surface area contributed by atoms with Crippen LogP contribution in [0, 0.1) is 10.1 Å². The lowest BCUT2D eigenvalue weighted by Gasteiger charge is -2.09. The first kappa shape index (κ1) is 15.5. The normalized spacial score (nSPS) is 10.4. The van der Waals surface area contributed by atoms with E-state index in [1.807, 2.05) is 37.3 Å². The summed E-state index contributed by atoms with van der Waals surface area (Å²) < 4.78 is 5.59. The van der Waals surface area contributed by atoms with Gasteiger partial charge in [-0.3, -0.25) is 10.1 Å². The molecule has 0 spiro atoms. The summed E-state index contributed by atoms with van der Waals surface area (Å²) in [5.74, 6) is 0.736. The van der Waals surface area contributed by atoms with Crippen molar-refractivity contribution in [2.75, 3.05) is 6.61 Å². The standard InChI is InChI=1S/C17H14N4O3/c1-2-24-17-15(12-6-4-3-5-7-12)19-20-16(18-17)13-8-10-14(11-9-13)21(22)23/h3-11H,2H2,1H3. The molecule has 1 heterocycles. The van der Waals surface area contributed by atoms with Crippen molar-refractivity contribution in [3.8, 4) is 28.5 Å². The second-order valence-corrected chi connectivity index (χ2v) is 4.89. The summed E-state index contributed by atoms with van der Waals surface area (Å²) in [5, 5.41) is 19.1. The van der Waals surface area contributed by atoms with Crippen molar-refractivity contribution < 1.29 is 9.66 Å². The molecule has 0 amide bonds. The summed E-state index contributed by atoms with van der Waals surface area (Å²) in [4.78, 5) is 14.7. The van der Waals surface area contributed by atoms with E-state index in [4.69, 9.17) is 4.74 Å². The van der Waals surface area contributed by atoms with E-state index in [0.717, 1.165) is 5.56 Å². The van der Waals surface area contributed by atoms with Crippen LogP contribution in [0.5, 0.6) is 5.88 Å². The van der Waals surface area contributed by atoms with Gasteiger partial charge in [0.1, 0.15) is 0 Å². The van der Waals surface area contributed by atoms with Crippen molar-refractivity contribution in [2.24, 2.45) is 0 Å². The van der Waals surface area contributed by atoms with Gasteiger partial charge in [0.2, 0.25) is 5.88 Å². The predicted octanol–water partition coefficient (Wildman–Crippen LogP) is 3.51. The smallest absolute Gasteiger partial charge is 0.269 e. The van der Waals surface area contributed by atoms with Gasteiger partial charge in [-0.05, 0) is 19.1 Å². The van der Waals surface area contributed by atoms with Crippen molar-refractivity contribution in [1.82, 2.24) is 15.2 Å². The first-order valence-electron chi connectivity index (χ1n) is 7.37. The molecule has 3 rings (SSSR count). The highest BCUT2D eigenvalue weighted by Gasteiger charge is 2.14. The molecule has 24 heavy (non-hydrogen) atoms. The van der Waals surface area contributed by atoms with E-state index in [-0.39, 0.29) is 5.69 Å². The zero-order valence-electron chi connectivity index (χ0n) is 12.9. The Kier molecular flexibility index (Phi) is 4.42. The molecule has 0 aliphatic heterocycles. The first-order valence-corrected chi connectivity index (χ1v) is 7.37. The van der Waals surface area contributed by atoms with Crippen LogP contribution in [0.15, 0.2) is 54.6 Å². The number of benzene rings is 2. The summed E-state index contributed by atoms with van der Waals surface area (Å²) in [7, 11) is 0. The molecule has 0 aliphatic rings. The Labute approximate surface area is 138 Å². The third kappa shape index (κ3) is 3.19. The molecule has 120 valence electrons. The lowest BCUT2D eigenvalue weighted by atomic mass is 10.1. The highest BCUT2D eigenvalue weighted by Crippen LogP contribution is 2.28. The number of aromatic nitrogens is 3. The third-order valence-corrected chi connectivity index (χ3v) is 3.32. The molecule has 0 aliphatic carbocycles. The SMILES string of the molecule is CCOc1nc(-c2ccc([N+](=O)[O-])cc2)nnc1-c1ccccc1. The lowest BCUT2D eigenvalue weighted by molar-refractivity contribution is -0.384. The van der Waals surface area contributed by atoms with Crippen LogP contribution < -0.4 is 4.74 Å². The van der Waals surface area contributed by atoms with Gasteiger partial charge in [0.25, 0.3) is 5.69 Å². The summed E-state index contributed by atoms with van der Waals surface area (Å²) in [6.07, 6.45) is 0. The van der Waals surface area contributed by atoms with Crippen molar-refractivity contribution in [2.45, 2.75) is 6.92 Å². The largest absolute Gasteiger partial charge is 0.476 e. The minimum Gasteiger partial charge on any atom is -0.476 e. The van der Waals surface area contributed by atoms with Crippen LogP contribution in [0.3, 0.4) is 0 Å². The fraction of sp³-hybridized carbons (Fsp3) is 0.118. The van der Waals surface area contributed by atoms with Gasteiger partial charge in [-0.2, -0.15) is 4.98 Å². The van der Waals surface area contributed by atoms with Gasteiger partial charge in [-0.1, -0.05) is 30.3 Å². The van der Waals surface area contributed by atoms with Crippen molar-refractivity contribution >= 4 is 5.69 Å². The molecule has 1 aromatic heterocycles. The summed E-state index contributed by atoms with van der Waals surface area (Å²) in [6.45, 7) is 2.31. The van der Waals surface area contributed by atoms with E-state index in [1.165, 1.54) is 12.1 Å². The molecule has 0 saturated carbocycles. The number of rotatable bonds is 5. The van der Waals surface area contributed by atoms with Crippen LogP contribution >= 0.6 is 0 Å². The van der Waals surface area contributed by atoms with E-state index in [9.17, 15) is 10.1 Å². The Morgan fingerprint density at radius 1 is 1.00 bits per heavy atom. The van der Waals surface area contributed by atoms with Gasteiger partial charge < -0.3 is 4.74 Å². The highest BCUT2D eigenvalue weighted by atomic mass is 16.6. The summed E-state index contributed by atoms with van der Waals surface area (Å²) >= 11 is 0.